The highest BCUT2D eigenvalue weighted by Crippen LogP contribution is 2.28. The van der Waals surface area contributed by atoms with E-state index in [0.29, 0.717) is 32.1 Å². The molecule has 0 aromatic heterocycles. The van der Waals surface area contributed by atoms with Crippen LogP contribution in [0.25, 0.3) is 0 Å². The quantitative estimate of drug-likeness (QED) is 0.454. The number of nitrogens with one attached hydrogen (secondary N) is 2. The Kier molecular flexibility index (Phi) is 9.05. The Bertz CT molecular complexity index is 986. The Morgan fingerprint density at radius 1 is 1.06 bits per heavy atom. The standard InChI is InChI=1S/C22H24F2N4O5S/c1-32-17-6-8-18(9-7-17)34-28(22(31)27-10-12-33-13-11-27)14-15-2-4-16(5-3-15)20(29)25-26-21(30)19(23)24/h2-9,19H,10-14H2,1H3,(H,25,29)(H,26,30). The first-order valence-electron chi connectivity index (χ1n) is 10.3. The summed E-state index contributed by atoms with van der Waals surface area (Å²) >= 11 is 1.28. The molecule has 0 radical (unpaired) electrons. The molecule has 1 saturated heterocycles. The number of urea groups is 1. The van der Waals surface area contributed by atoms with Crippen LogP contribution in [0.15, 0.2) is 53.4 Å². The third-order valence-corrected chi connectivity index (χ3v) is 5.80. The van der Waals surface area contributed by atoms with Crippen LogP contribution >= 0.6 is 11.9 Å². The molecular formula is C22H24F2N4O5S. The molecule has 2 aromatic carbocycles. The Morgan fingerprint density at radius 3 is 2.29 bits per heavy atom. The fourth-order valence-corrected chi connectivity index (χ4v) is 3.91. The van der Waals surface area contributed by atoms with E-state index in [0.717, 1.165) is 10.5 Å². The minimum atomic E-state index is -3.24. The molecule has 0 spiro atoms. The van der Waals surface area contributed by atoms with Crippen LogP contribution in [0.4, 0.5) is 13.6 Å². The number of nitrogens with zero attached hydrogens (tertiary/aromatic N) is 2. The maximum absolute atomic E-state index is 13.2. The monoisotopic (exact) mass is 494 g/mol. The van der Waals surface area contributed by atoms with Gasteiger partial charge in [0.1, 0.15) is 5.75 Å². The highest BCUT2D eigenvalue weighted by atomic mass is 32.2. The first-order chi connectivity index (χ1) is 16.4. The van der Waals surface area contributed by atoms with Gasteiger partial charge in [0.25, 0.3) is 5.91 Å². The van der Waals surface area contributed by atoms with Gasteiger partial charge in [0.2, 0.25) is 0 Å². The number of hydrogen-bond donors (Lipinski definition) is 2. The number of hydrogen-bond acceptors (Lipinski definition) is 6. The lowest BCUT2D eigenvalue weighted by atomic mass is 10.1. The van der Waals surface area contributed by atoms with Crippen molar-refractivity contribution in [1.82, 2.24) is 20.1 Å². The first-order valence-corrected chi connectivity index (χ1v) is 11.1. The number of amides is 4. The van der Waals surface area contributed by atoms with E-state index in [4.69, 9.17) is 9.47 Å². The molecule has 0 unspecified atom stereocenters. The van der Waals surface area contributed by atoms with Crippen LogP contribution in [-0.2, 0) is 16.1 Å². The second kappa shape index (κ2) is 12.2. The average molecular weight is 495 g/mol. The van der Waals surface area contributed by atoms with Gasteiger partial charge < -0.3 is 14.4 Å². The summed E-state index contributed by atoms with van der Waals surface area (Å²) in [6.07, 6.45) is -3.24. The predicted octanol–water partition coefficient (Wildman–Crippen LogP) is 2.68. The SMILES string of the molecule is COc1ccc(SN(Cc2ccc(C(=O)NNC(=O)C(F)F)cc2)C(=O)N2CCOCC2)cc1. The zero-order valence-electron chi connectivity index (χ0n) is 18.3. The molecule has 182 valence electrons. The van der Waals surface area contributed by atoms with Crippen molar-refractivity contribution in [2.24, 2.45) is 0 Å². The lowest BCUT2D eigenvalue weighted by molar-refractivity contribution is -0.132. The summed E-state index contributed by atoms with van der Waals surface area (Å²) in [5.41, 5.74) is 4.48. The molecule has 1 fully saturated rings. The van der Waals surface area contributed by atoms with Crippen LogP contribution < -0.4 is 15.6 Å². The summed E-state index contributed by atoms with van der Waals surface area (Å²) in [6.45, 7) is 2.16. The van der Waals surface area contributed by atoms with Gasteiger partial charge in [-0.25, -0.2) is 4.79 Å². The van der Waals surface area contributed by atoms with E-state index < -0.39 is 18.2 Å². The van der Waals surface area contributed by atoms with Crippen LogP contribution in [0.5, 0.6) is 5.75 Å². The van der Waals surface area contributed by atoms with Crippen LogP contribution in [0, 0.1) is 0 Å². The minimum absolute atomic E-state index is 0.159. The molecular weight excluding hydrogens is 470 g/mol. The molecule has 9 nitrogen and oxygen atoms in total. The third kappa shape index (κ3) is 7.06. The molecule has 0 atom stereocenters. The minimum Gasteiger partial charge on any atom is -0.497 e. The van der Waals surface area contributed by atoms with Crippen molar-refractivity contribution < 1.29 is 32.6 Å². The number of carbonyl (C=O) groups is 3. The van der Waals surface area contributed by atoms with E-state index in [9.17, 15) is 23.2 Å². The maximum Gasteiger partial charge on any atom is 0.330 e. The smallest absolute Gasteiger partial charge is 0.330 e. The van der Waals surface area contributed by atoms with Gasteiger partial charge in [-0.3, -0.25) is 24.7 Å². The van der Waals surface area contributed by atoms with Crippen LogP contribution in [0.3, 0.4) is 0 Å². The summed E-state index contributed by atoms with van der Waals surface area (Å²) < 4.78 is 36.6. The summed E-state index contributed by atoms with van der Waals surface area (Å²) in [7, 11) is 1.58. The van der Waals surface area contributed by atoms with Crippen molar-refractivity contribution >= 4 is 29.8 Å². The zero-order valence-corrected chi connectivity index (χ0v) is 19.1. The van der Waals surface area contributed by atoms with Gasteiger partial charge in [0.15, 0.2) is 0 Å². The number of halogens is 2. The molecule has 1 heterocycles. The van der Waals surface area contributed by atoms with E-state index in [1.54, 1.807) is 46.0 Å². The molecule has 34 heavy (non-hydrogen) atoms. The molecule has 0 aliphatic carbocycles. The topological polar surface area (TPSA) is 100 Å². The van der Waals surface area contributed by atoms with Crippen molar-refractivity contribution in [1.29, 1.82) is 0 Å². The van der Waals surface area contributed by atoms with E-state index in [1.165, 1.54) is 24.1 Å². The van der Waals surface area contributed by atoms with Crippen LogP contribution in [0.2, 0.25) is 0 Å². The molecule has 2 aromatic rings. The van der Waals surface area contributed by atoms with Gasteiger partial charge in [-0.15, -0.1) is 0 Å². The lowest BCUT2D eigenvalue weighted by Crippen LogP contribution is -2.45. The van der Waals surface area contributed by atoms with Gasteiger partial charge in [-0.1, -0.05) is 12.1 Å². The lowest BCUT2D eigenvalue weighted by Gasteiger charge is -2.32. The highest BCUT2D eigenvalue weighted by molar-refractivity contribution is 7.97. The van der Waals surface area contributed by atoms with Crippen LogP contribution in [0.1, 0.15) is 15.9 Å². The number of rotatable bonds is 7. The van der Waals surface area contributed by atoms with Crippen molar-refractivity contribution in [3.63, 3.8) is 0 Å². The van der Waals surface area contributed by atoms with Crippen molar-refractivity contribution in [3.05, 3.63) is 59.7 Å². The average Bonchev–Trinajstić information content (AvgIpc) is 2.87. The normalized spacial score (nSPS) is 13.4. The number of methoxy groups -OCH3 is 1. The Balaban J connectivity index is 1.69. The van der Waals surface area contributed by atoms with Crippen molar-refractivity contribution in [2.45, 2.75) is 17.9 Å². The number of alkyl halides is 2. The van der Waals surface area contributed by atoms with Gasteiger partial charge in [0.05, 0.1) is 26.9 Å². The van der Waals surface area contributed by atoms with Crippen molar-refractivity contribution in [2.75, 3.05) is 33.4 Å². The molecule has 1 aliphatic heterocycles. The molecule has 0 bridgehead atoms. The van der Waals surface area contributed by atoms with Gasteiger partial charge in [-0.05, 0) is 53.9 Å². The zero-order chi connectivity index (χ0) is 24.5. The van der Waals surface area contributed by atoms with Crippen LogP contribution in [-0.4, -0.2) is 66.9 Å². The number of morpholine rings is 1. The second-order valence-corrected chi connectivity index (χ2v) is 8.22. The second-order valence-electron chi connectivity index (χ2n) is 7.13. The Morgan fingerprint density at radius 2 is 1.71 bits per heavy atom. The molecule has 0 saturated carbocycles. The highest BCUT2D eigenvalue weighted by Gasteiger charge is 2.24. The Hall–Kier alpha value is -3.38. The van der Waals surface area contributed by atoms with Crippen molar-refractivity contribution in [3.8, 4) is 5.75 Å². The largest absolute Gasteiger partial charge is 0.497 e. The fraction of sp³-hybridized carbons (Fsp3) is 0.318. The number of ether oxygens (including phenoxy) is 2. The van der Waals surface area contributed by atoms with Gasteiger partial charge in [0, 0.05) is 23.5 Å². The van der Waals surface area contributed by atoms with E-state index >= 15 is 0 Å². The summed E-state index contributed by atoms with van der Waals surface area (Å²) in [5, 5.41) is 0. The summed E-state index contributed by atoms with van der Waals surface area (Å²) in [5.74, 6) is -1.64. The molecule has 2 N–H and O–H groups in total. The number of carbonyl (C=O) groups excluding carboxylic acids is 3. The van der Waals surface area contributed by atoms with E-state index in [1.807, 2.05) is 17.6 Å². The summed E-state index contributed by atoms with van der Waals surface area (Å²) in [6, 6.07) is 13.4. The summed E-state index contributed by atoms with van der Waals surface area (Å²) in [4.78, 5) is 38.7. The van der Waals surface area contributed by atoms with Gasteiger partial charge >= 0.3 is 18.4 Å². The first kappa shape index (κ1) is 25.2. The molecule has 4 amide bonds. The van der Waals surface area contributed by atoms with Gasteiger partial charge in [-0.2, -0.15) is 8.78 Å². The molecule has 1 aliphatic rings. The fourth-order valence-electron chi connectivity index (χ4n) is 2.99. The molecule has 3 rings (SSSR count). The Labute approximate surface area is 199 Å². The number of benzene rings is 2. The number of hydrazine groups is 1. The maximum atomic E-state index is 13.2. The van der Waals surface area contributed by atoms with E-state index in [-0.39, 0.29) is 18.1 Å². The third-order valence-electron chi connectivity index (χ3n) is 4.81. The molecule has 12 heteroatoms. The van der Waals surface area contributed by atoms with E-state index in [2.05, 4.69) is 0 Å². The predicted molar refractivity (Wildman–Crippen MR) is 120 cm³/mol.